The molecule has 3 aromatic rings. The van der Waals surface area contributed by atoms with Crippen LogP contribution in [0.3, 0.4) is 0 Å². The number of nitrogens with one attached hydrogen (secondary N) is 2. The van der Waals surface area contributed by atoms with E-state index >= 15 is 0 Å². The lowest BCUT2D eigenvalue weighted by molar-refractivity contribution is -0.137. The number of thiophene rings is 1. The first-order chi connectivity index (χ1) is 16.4. The lowest BCUT2D eigenvalue weighted by Crippen LogP contribution is -2.26. The van der Waals surface area contributed by atoms with Crippen molar-refractivity contribution >= 4 is 51.4 Å². The van der Waals surface area contributed by atoms with E-state index in [1.54, 1.807) is 44.2 Å². The van der Waals surface area contributed by atoms with Crippen molar-refractivity contribution in [2.45, 2.75) is 33.1 Å². The van der Waals surface area contributed by atoms with Gasteiger partial charge in [-0.05, 0) is 37.6 Å². The van der Waals surface area contributed by atoms with Gasteiger partial charge in [-0.2, -0.15) is 13.2 Å². The van der Waals surface area contributed by atoms with Crippen LogP contribution in [-0.2, 0) is 20.5 Å². The molecular weight excluding hydrogens is 505 g/mol. The molecule has 2 aromatic carbocycles. The Bertz CT molecular complexity index is 1280. The van der Waals surface area contributed by atoms with Crippen molar-refractivity contribution in [1.82, 2.24) is 0 Å². The number of benzene rings is 2. The molecule has 0 spiro atoms. The van der Waals surface area contributed by atoms with Crippen molar-refractivity contribution in [2.24, 2.45) is 0 Å². The fraction of sp³-hybridized carbons (Fsp3) is 0.208. The van der Waals surface area contributed by atoms with Gasteiger partial charge in [0.25, 0.3) is 5.91 Å². The number of aryl methyl sites for hydroxylation is 1. The fourth-order valence-corrected chi connectivity index (χ4v) is 4.53. The summed E-state index contributed by atoms with van der Waals surface area (Å²) in [7, 11) is 0. The molecule has 3 rings (SSSR count). The number of ether oxygens (including phenoxy) is 1. The Hall–Kier alpha value is -3.37. The average molecular weight is 525 g/mol. The standard InChI is InChI=1S/C24H20ClF3N2O4S/c1-12-13(2)35-22(29-14(3)31)19(12)23(33)34-20(15-7-5-4-6-8-15)21(32)30-16-9-10-18(25)17(11-16)24(26,27)28/h4-11,20H,1-3H3,(H,29,31)(H,30,32). The molecule has 0 saturated heterocycles. The molecule has 0 fully saturated rings. The summed E-state index contributed by atoms with van der Waals surface area (Å²) < 4.78 is 45.2. The predicted molar refractivity (Wildman–Crippen MR) is 128 cm³/mol. The average Bonchev–Trinajstić information content (AvgIpc) is 3.05. The quantitative estimate of drug-likeness (QED) is 0.359. The Morgan fingerprint density at radius 3 is 2.29 bits per heavy atom. The van der Waals surface area contributed by atoms with Crippen molar-refractivity contribution in [2.75, 3.05) is 10.6 Å². The summed E-state index contributed by atoms with van der Waals surface area (Å²) in [4.78, 5) is 38.6. The maximum absolute atomic E-state index is 13.2. The van der Waals surface area contributed by atoms with E-state index in [1.807, 2.05) is 0 Å². The topological polar surface area (TPSA) is 84.5 Å². The van der Waals surface area contributed by atoms with Crippen molar-refractivity contribution in [3.05, 3.63) is 80.7 Å². The van der Waals surface area contributed by atoms with Crippen molar-refractivity contribution in [3.8, 4) is 0 Å². The fourth-order valence-electron chi connectivity index (χ4n) is 3.22. The highest BCUT2D eigenvalue weighted by Gasteiger charge is 2.34. The number of anilines is 2. The zero-order chi connectivity index (χ0) is 25.9. The van der Waals surface area contributed by atoms with Crippen LogP contribution in [0.15, 0.2) is 48.5 Å². The van der Waals surface area contributed by atoms with E-state index in [2.05, 4.69) is 10.6 Å². The summed E-state index contributed by atoms with van der Waals surface area (Å²) in [5.74, 6) is -2.13. The number of hydrogen-bond acceptors (Lipinski definition) is 5. The molecule has 1 unspecified atom stereocenters. The Kier molecular flexibility index (Phi) is 7.86. The van der Waals surface area contributed by atoms with E-state index in [-0.39, 0.29) is 22.2 Å². The largest absolute Gasteiger partial charge is 0.444 e. The first-order valence-corrected chi connectivity index (χ1v) is 11.4. The van der Waals surface area contributed by atoms with Gasteiger partial charge in [-0.15, -0.1) is 11.3 Å². The maximum Gasteiger partial charge on any atom is 0.417 e. The molecule has 0 bridgehead atoms. The van der Waals surface area contributed by atoms with E-state index in [1.165, 1.54) is 24.3 Å². The Labute approximate surface area is 208 Å². The summed E-state index contributed by atoms with van der Waals surface area (Å²) in [6, 6.07) is 10.9. The van der Waals surface area contributed by atoms with Crippen LogP contribution in [0.2, 0.25) is 5.02 Å². The van der Waals surface area contributed by atoms with E-state index < -0.39 is 34.7 Å². The minimum Gasteiger partial charge on any atom is -0.444 e. The molecule has 0 radical (unpaired) electrons. The predicted octanol–water partition coefficient (Wildman–Crippen LogP) is 6.53. The summed E-state index contributed by atoms with van der Waals surface area (Å²) in [5.41, 5.74) is -0.320. The molecular formula is C24H20ClF3N2O4S. The van der Waals surface area contributed by atoms with Crippen molar-refractivity contribution in [3.63, 3.8) is 0 Å². The molecule has 2 N–H and O–H groups in total. The van der Waals surface area contributed by atoms with Gasteiger partial charge in [0, 0.05) is 23.1 Å². The first kappa shape index (κ1) is 26.2. The Morgan fingerprint density at radius 2 is 1.69 bits per heavy atom. The number of halogens is 4. The van der Waals surface area contributed by atoms with E-state index in [0.29, 0.717) is 17.2 Å². The van der Waals surface area contributed by atoms with Crippen LogP contribution in [0.5, 0.6) is 0 Å². The van der Waals surface area contributed by atoms with Gasteiger partial charge < -0.3 is 15.4 Å². The maximum atomic E-state index is 13.2. The number of hydrogen-bond donors (Lipinski definition) is 2. The number of carbonyl (C=O) groups excluding carboxylic acids is 3. The van der Waals surface area contributed by atoms with E-state index in [4.69, 9.17) is 16.3 Å². The third-order valence-electron chi connectivity index (χ3n) is 4.98. The smallest absolute Gasteiger partial charge is 0.417 e. The number of amides is 2. The molecule has 11 heteroatoms. The third-order valence-corrected chi connectivity index (χ3v) is 6.44. The first-order valence-electron chi connectivity index (χ1n) is 10.2. The summed E-state index contributed by atoms with van der Waals surface area (Å²) in [6.07, 6.45) is -6.21. The summed E-state index contributed by atoms with van der Waals surface area (Å²) in [5, 5.41) is 4.70. The molecule has 35 heavy (non-hydrogen) atoms. The second-order valence-electron chi connectivity index (χ2n) is 7.55. The zero-order valence-corrected chi connectivity index (χ0v) is 20.3. The molecule has 0 aliphatic carbocycles. The lowest BCUT2D eigenvalue weighted by Gasteiger charge is -2.19. The van der Waals surface area contributed by atoms with Crippen LogP contribution in [-0.4, -0.2) is 17.8 Å². The zero-order valence-electron chi connectivity index (χ0n) is 18.7. The second kappa shape index (κ2) is 10.5. The minimum atomic E-state index is -4.72. The number of alkyl halides is 3. The van der Waals surface area contributed by atoms with Gasteiger partial charge in [0.15, 0.2) is 0 Å². The van der Waals surface area contributed by atoms with E-state index in [9.17, 15) is 27.6 Å². The number of esters is 1. The van der Waals surface area contributed by atoms with Crippen LogP contribution >= 0.6 is 22.9 Å². The van der Waals surface area contributed by atoms with Gasteiger partial charge in [-0.3, -0.25) is 9.59 Å². The number of carbonyl (C=O) groups is 3. The molecule has 6 nitrogen and oxygen atoms in total. The molecule has 1 heterocycles. The molecule has 1 atom stereocenters. The molecule has 0 saturated carbocycles. The van der Waals surface area contributed by atoms with Gasteiger partial charge in [0.05, 0.1) is 16.1 Å². The highest BCUT2D eigenvalue weighted by molar-refractivity contribution is 7.16. The van der Waals surface area contributed by atoms with Crippen LogP contribution < -0.4 is 10.6 Å². The molecule has 184 valence electrons. The summed E-state index contributed by atoms with van der Waals surface area (Å²) >= 11 is 6.83. The number of rotatable bonds is 6. The third kappa shape index (κ3) is 6.20. The SMILES string of the molecule is CC(=O)Nc1sc(C)c(C)c1C(=O)OC(C(=O)Nc1ccc(Cl)c(C(F)(F)F)c1)c1ccccc1. The Morgan fingerprint density at radius 1 is 1.03 bits per heavy atom. The van der Waals surface area contributed by atoms with Crippen LogP contribution in [0, 0.1) is 13.8 Å². The van der Waals surface area contributed by atoms with Crippen LogP contribution in [0.4, 0.5) is 23.9 Å². The van der Waals surface area contributed by atoms with Gasteiger partial charge in [0.1, 0.15) is 5.00 Å². The summed E-state index contributed by atoms with van der Waals surface area (Å²) in [6.45, 7) is 4.74. The van der Waals surface area contributed by atoms with Gasteiger partial charge >= 0.3 is 12.1 Å². The van der Waals surface area contributed by atoms with Gasteiger partial charge in [0.2, 0.25) is 12.0 Å². The van der Waals surface area contributed by atoms with Crippen molar-refractivity contribution < 1.29 is 32.3 Å². The highest BCUT2D eigenvalue weighted by atomic mass is 35.5. The van der Waals surface area contributed by atoms with E-state index in [0.717, 1.165) is 10.9 Å². The second-order valence-corrected chi connectivity index (χ2v) is 9.18. The van der Waals surface area contributed by atoms with Crippen molar-refractivity contribution in [1.29, 1.82) is 0 Å². The Balaban J connectivity index is 1.94. The van der Waals surface area contributed by atoms with Gasteiger partial charge in [-0.1, -0.05) is 41.9 Å². The normalized spacial score (nSPS) is 12.1. The highest BCUT2D eigenvalue weighted by Crippen LogP contribution is 2.37. The van der Waals surface area contributed by atoms with Crippen LogP contribution in [0.1, 0.15) is 45.0 Å². The van der Waals surface area contributed by atoms with Crippen LogP contribution in [0.25, 0.3) is 0 Å². The van der Waals surface area contributed by atoms with Gasteiger partial charge in [-0.25, -0.2) is 4.79 Å². The minimum absolute atomic E-state index is 0.0993. The molecule has 0 aliphatic rings. The molecule has 2 amide bonds. The molecule has 0 aliphatic heterocycles. The lowest BCUT2D eigenvalue weighted by atomic mass is 10.1. The monoisotopic (exact) mass is 524 g/mol. The molecule has 1 aromatic heterocycles.